The van der Waals surface area contributed by atoms with Gasteiger partial charge in [-0.1, -0.05) is 6.07 Å². The van der Waals surface area contributed by atoms with Gasteiger partial charge in [-0.05, 0) is 25.1 Å². The van der Waals surface area contributed by atoms with Gasteiger partial charge in [0.1, 0.15) is 0 Å². The minimum Gasteiger partial charge on any atom is -0.478 e. The van der Waals surface area contributed by atoms with Crippen molar-refractivity contribution in [2.45, 2.75) is 6.92 Å². The molecule has 0 aliphatic carbocycles. The number of hydrogen-bond acceptors (Lipinski definition) is 3. The summed E-state index contributed by atoms with van der Waals surface area (Å²) in [5, 5.41) is 13.7. The van der Waals surface area contributed by atoms with Crippen LogP contribution in [0.1, 0.15) is 27.6 Å². The fraction of sp³-hybridized carbons (Fsp3) is 0.250. The van der Waals surface area contributed by atoms with Gasteiger partial charge in [-0.2, -0.15) is 0 Å². The second kappa shape index (κ2) is 6.39. The summed E-state index contributed by atoms with van der Waals surface area (Å²) < 4.78 is 0. The fourth-order valence-corrected chi connectivity index (χ4v) is 1.32. The quantitative estimate of drug-likeness (QED) is 0.698. The number of nitrogens with one attached hydrogen (secondary N) is 2. The van der Waals surface area contributed by atoms with E-state index in [1.54, 1.807) is 6.92 Å². The van der Waals surface area contributed by atoms with Gasteiger partial charge >= 0.3 is 5.97 Å². The Kier molecular flexibility index (Phi) is 4.86. The first-order valence-electron chi connectivity index (χ1n) is 5.43. The number of carbonyl (C=O) groups excluding carboxylic acids is 2. The first-order valence-corrected chi connectivity index (χ1v) is 5.43. The summed E-state index contributed by atoms with van der Waals surface area (Å²) in [7, 11) is 0. The van der Waals surface area contributed by atoms with Crippen LogP contribution >= 0.6 is 0 Å². The van der Waals surface area contributed by atoms with E-state index < -0.39 is 11.9 Å². The zero-order valence-electron chi connectivity index (χ0n) is 9.90. The van der Waals surface area contributed by atoms with Gasteiger partial charge in [0.25, 0.3) is 5.91 Å². The van der Waals surface area contributed by atoms with Crippen LogP contribution in [0.2, 0.25) is 0 Å². The third-order valence-electron chi connectivity index (χ3n) is 2.16. The molecule has 0 atom stereocenters. The van der Waals surface area contributed by atoms with Crippen LogP contribution in [-0.4, -0.2) is 36.0 Å². The van der Waals surface area contributed by atoms with E-state index in [4.69, 9.17) is 5.11 Å². The highest BCUT2D eigenvalue weighted by atomic mass is 16.4. The van der Waals surface area contributed by atoms with Crippen molar-refractivity contribution in [2.75, 3.05) is 13.1 Å². The number of hydrogen-bond donors (Lipinski definition) is 3. The highest BCUT2D eigenvalue weighted by Gasteiger charge is 2.10. The number of carbonyl (C=O) groups is 3. The standard InChI is InChI=1S/C12H14N2O4/c1-2-13-10(15)7-14-11(16)8-4-3-5-9(6-8)12(17)18/h3-6H,2,7H2,1H3,(H,13,15)(H,14,16)(H,17,18). The minimum absolute atomic E-state index is 0.0284. The van der Waals surface area contributed by atoms with E-state index in [-0.39, 0.29) is 23.6 Å². The van der Waals surface area contributed by atoms with Crippen molar-refractivity contribution in [2.24, 2.45) is 0 Å². The molecule has 0 saturated carbocycles. The van der Waals surface area contributed by atoms with Crippen LogP contribution in [0.15, 0.2) is 24.3 Å². The molecule has 0 aliphatic rings. The molecule has 0 fully saturated rings. The number of aromatic carboxylic acids is 1. The molecule has 0 aliphatic heterocycles. The second-order valence-corrected chi connectivity index (χ2v) is 3.52. The molecule has 1 aromatic carbocycles. The van der Waals surface area contributed by atoms with Crippen molar-refractivity contribution in [3.8, 4) is 0 Å². The molecule has 6 heteroatoms. The van der Waals surface area contributed by atoms with Gasteiger partial charge in [0.15, 0.2) is 0 Å². The van der Waals surface area contributed by atoms with Crippen molar-refractivity contribution < 1.29 is 19.5 Å². The molecule has 0 heterocycles. The molecule has 6 nitrogen and oxygen atoms in total. The second-order valence-electron chi connectivity index (χ2n) is 3.52. The Morgan fingerprint density at radius 3 is 2.44 bits per heavy atom. The van der Waals surface area contributed by atoms with E-state index in [0.717, 1.165) is 0 Å². The predicted molar refractivity (Wildman–Crippen MR) is 64.4 cm³/mol. The lowest BCUT2D eigenvalue weighted by molar-refractivity contribution is -0.120. The van der Waals surface area contributed by atoms with Gasteiger partial charge in [-0.25, -0.2) is 4.79 Å². The van der Waals surface area contributed by atoms with E-state index in [2.05, 4.69) is 10.6 Å². The zero-order valence-corrected chi connectivity index (χ0v) is 9.90. The van der Waals surface area contributed by atoms with Crippen LogP contribution in [0.25, 0.3) is 0 Å². The maximum atomic E-state index is 11.6. The Morgan fingerprint density at radius 1 is 1.17 bits per heavy atom. The van der Waals surface area contributed by atoms with Crippen molar-refractivity contribution in [1.82, 2.24) is 10.6 Å². The van der Waals surface area contributed by atoms with Gasteiger partial charge in [0.2, 0.25) is 5.91 Å². The summed E-state index contributed by atoms with van der Waals surface area (Å²) in [6, 6.07) is 5.61. The zero-order chi connectivity index (χ0) is 13.5. The third-order valence-corrected chi connectivity index (χ3v) is 2.16. The molecule has 0 spiro atoms. The number of rotatable bonds is 5. The van der Waals surface area contributed by atoms with E-state index in [0.29, 0.717) is 6.54 Å². The van der Waals surface area contributed by atoms with Crippen LogP contribution in [0, 0.1) is 0 Å². The van der Waals surface area contributed by atoms with Crippen LogP contribution in [0.3, 0.4) is 0 Å². The maximum Gasteiger partial charge on any atom is 0.335 e. The normalized spacial score (nSPS) is 9.61. The summed E-state index contributed by atoms with van der Waals surface area (Å²) in [5.41, 5.74) is 0.236. The Labute approximate surface area is 104 Å². The summed E-state index contributed by atoms with van der Waals surface area (Å²) >= 11 is 0. The van der Waals surface area contributed by atoms with E-state index >= 15 is 0 Å². The minimum atomic E-state index is -1.10. The molecule has 0 aromatic heterocycles. The maximum absolute atomic E-state index is 11.6. The third kappa shape index (κ3) is 3.89. The fourth-order valence-electron chi connectivity index (χ4n) is 1.32. The Bertz CT molecular complexity index is 471. The first-order chi connectivity index (χ1) is 8.54. The smallest absolute Gasteiger partial charge is 0.335 e. The lowest BCUT2D eigenvalue weighted by Crippen LogP contribution is -2.36. The van der Waals surface area contributed by atoms with Crippen molar-refractivity contribution >= 4 is 17.8 Å². The summed E-state index contributed by atoms with van der Waals surface area (Å²) in [6.45, 7) is 2.13. The van der Waals surface area contributed by atoms with E-state index in [9.17, 15) is 14.4 Å². The SMILES string of the molecule is CCNC(=O)CNC(=O)c1cccc(C(=O)O)c1. The number of amides is 2. The predicted octanol–water partition coefficient (Wildman–Crippen LogP) is 0.251. The topological polar surface area (TPSA) is 95.5 Å². The molecular weight excluding hydrogens is 236 g/mol. The molecule has 96 valence electrons. The van der Waals surface area contributed by atoms with Crippen molar-refractivity contribution in [3.63, 3.8) is 0 Å². The Balaban J connectivity index is 2.64. The summed E-state index contributed by atoms with van der Waals surface area (Å²) in [4.78, 5) is 33.5. The van der Waals surface area contributed by atoms with Crippen molar-refractivity contribution in [1.29, 1.82) is 0 Å². The molecule has 3 N–H and O–H groups in total. The van der Waals surface area contributed by atoms with Gasteiger partial charge in [-0.15, -0.1) is 0 Å². The van der Waals surface area contributed by atoms with Crippen molar-refractivity contribution in [3.05, 3.63) is 35.4 Å². The average Bonchev–Trinajstić information content (AvgIpc) is 2.36. The highest BCUT2D eigenvalue weighted by Crippen LogP contribution is 2.05. The first kappa shape index (κ1) is 13.7. The van der Waals surface area contributed by atoms with Gasteiger partial charge in [0, 0.05) is 12.1 Å². The molecular formula is C12H14N2O4. The Hall–Kier alpha value is -2.37. The van der Waals surface area contributed by atoms with Gasteiger partial charge < -0.3 is 15.7 Å². The van der Waals surface area contributed by atoms with Gasteiger partial charge in [0.05, 0.1) is 12.1 Å². The van der Waals surface area contributed by atoms with Gasteiger partial charge in [-0.3, -0.25) is 9.59 Å². The van der Waals surface area contributed by atoms with Crippen LogP contribution in [0.5, 0.6) is 0 Å². The highest BCUT2D eigenvalue weighted by molar-refractivity contribution is 5.98. The molecule has 0 bridgehead atoms. The molecule has 0 radical (unpaired) electrons. The monoisotopic (exact) mass is 250 g/mol. The Morgan fingerprint density at radius 2 is 1.83 bits per heavy atom. The summed E-state index contributed by atoms with van der Waals surface area (Å²) in [5.74, 6) is -1.88. The number of likely N-dealkylation sites (N-methyl/N-ethyl adjacent to an activating group) is 1. The van der Waals surface area contributed by atoms with E-state index in [1.165, 1.54) is 24.3 Å². The number of carboxylic acid groups (broad SMARTS) is 1. The molecule has 18 heavy (non-hydrogen) atoms. The molecule has 0 saturated heterocycles. The molecule has 1 rings (SSSR count). The largest absolute Gasteiger partial charge is 0.478 e. The number of benzene rings is 1. The molecule has 1 aromatic rings. The lowest BCUT2D eigenvalue weighted by Gasteiger charge is -2.05. The van der Waals surface area contributed by atoms with Crippen LogP contribution in [0.4, 0.5) is 0 Å². The summed E-state index contributed by atoms with van der Waals surface area (Å²) in [6.07, 6.45) is 0. The molecule has 0 unspecified atom stereocenters. The average molecular weight is 250 g/mol. The van der Waals surface area contributed by atoms with Crippen LogP contribution < -0.4 is 10.6 Å². The van der Waals surface area contributed by atoms with E-state index in [1.807, 2.05) is 0 Å². The van der Waals surface area contributed by atoms with Crippen LogP contribution in [-0.2, 0) is 4.79 Å². The molecule has 2 amide bonds. The lowest BCUT2D eigenvalue weighted by atomic mass is 10.1. The number of carboxylic acids is 1.